The Morgan fingerprint density at radius 3 is 2.61 bits per heavy atom. The highest BCUT2D eigenvalue weighted by Gasteiger charge is 2.20. The highest BCUT2D eigenvalue weighted by Crippen LogP contribution is 2.23. The summed E-state index contributed by atoms with van der Waals surface area (Å²) in [6.45, 7) is 1.52. The summed E-state index contributed by atoms with van der Waals surface area (Å²) >= 11 is 0. The third kappa shape index (κ3) is 3.23. The Labute approximate surface area is 132 Å². The molecule has 1 aromatic heterocycles. The number of rotatable bonds is 4. The minimum Gasteiger partial charge on any atom is -0.457 e. The average molecular weight is 309 g/mol. The minimum atomic E-state index is -0.938. The summed E-state index contributed by atoms with van der Waals surface area (Å²) in [5.41, 5.74) is 0.675. The number of esters is 1. The molecule has 0 fully saturated rings. The van der Waals surface area contributed by atoms with Crippen LogP contribution in [-0.2, 0) is 9.53 Å². The Morgan fingerprint density at radius 2 is 1.83 bits per heavy atom. The molecule has 0 aliphatic heterocycles. The van der Waals surface area contributed by atoms with E-state index in [0.717, 1.165) is 10.8 Å². The van der Waals surface area contributed by atoms with Crippen molar-refractivity contribution in [3.05, 3.63) is 66.6 Å². The predicted molar refractivity (Wildman–Crippen MR) is 86.2 cm³/mol. The number of hydrogen-bond acceptors (Lipinski definition) is 4. The van der Waals surface area contributed by atoms with Crippen LogP contribution in [0.5, 0.6) is 0 Å². The first kappa shape index (κ1) is 14.8. The van der Waals surface area contributed by atoms with Crippen molar-refractivity contribution in [1.82, 2.24) is 0 Å². The normalized spacial score (nSPS) is 11.9. The first-order valence-electron chi connectivity index (χ1n) is 7.18. The summed E-state index contributed by atoms with van der Waals surface area (Å²) in [5, 5.41) is 4.73. The first-order chi connectivity index (χ1) is 11.1. The van der Waals surface area contributed by atoms with E-state index in [2.05, 4.69) is 5.32 Å². The third-order valence-electron chi connectivity index (χ3n) is 3.42. The number of fused-ring (bicyclic) bond motifs is 1. The zero-order valence-electron chi connectivity index (χ0n) is 12.5. The average Bonchev–Trinajstić information content (AvgIpc) is 3.09. The van der Waals surface area contributed by atoms with Crippen LogP contribution >= 0.6 is 0 Å². The maximum Gasteiger partial charge on any atom is 0.374 e. The molecular weight excluding hydrogens is 294 g/mol. The predicted octanol–water partition coefficient (Wildman–Crippen LogP) is 3.62. The van der Waals surface area contributed by atoms with E-state index in [0.29, 0.717) is 5.69 Å². The Hall–Kier alpha value is -3.08. The van der Waals surface area contributed by atoms with Crippen LogP contribution in [-0.4, -0.2) is 18.0 Å². The molecule has 5 nitrogen and oxygen atoms in total. The zero-order chi connectivity index (χ0) is 16.2. The highest BCUT2D eigenvalue weighted by atomic mass is 16.6. The molecule has 3 rings (SSSR count). The lowest BCUT2D eigenvalue weighted by Crippen LogP contribution is -2.29. The van der Waals surface area contributed by atoms with Crippen molar-refractivity contribution < 1.29 is 18.7 Å². The second kappa shape index (κ2) is 6.36. The summed E-state index contributed by atoms with van der Waals surface area (Å²) in [7, 11) is 0. The van der Waals surface area contributed by atoms with Gasteiger partial charge < -0.3 is 14.5 Å². The monoisotopic (exact) mass is 309 g/mol. The van der Waals surface area contributed by atoms with E-state index >= 15 is 0 Å². The molecule has 0 bridgehead atoms. The molecule has 1 heterocycles. The number of amides is 1. The molecule has 3 aromatic rings. The summed E-state index contributed by atoms with van der Waals surface area (Å²) in [4.78, 5) is 24.0. The van der Waals surface area contributed by atoms with Gasteiger partial charge in [0, 0.05) is 11.1 Å². The van der Waals surface area contributed by atoms with Gasteiger partial charge in [-0.1, -0.05) is 36.4 Å². The van der Waals surface area contributed by atoms with Crippen molar-refractivity contribution in [2.24, 2.45) is 0 Å². The summed E-state index contributed by atoms with van der Waals surface area (Å²) in [6.07, 6.45) is 0.434. The van der Waals surface area contributed by atoms with Gasteiger partial charge in [-0.15, -0.1) is 0 Å². The lowest BCUT2D eigenvalue weighted by molar-refractivity contribution is -0.123. The number of carbonyl (C=O) groups excluding carboxylic acids is 2. The Bertz CT molecular complexity index is 834. The summed E-state index contributed by atoms with van der Waals surface area (Å²) < 4.78 is 10.0. The smallest absolute Gasteiger partial charge is 0.374 e. The van der Waals surface area contributed by atoms with Crippen molar-refractivity contribution in [3.63, 3.8) is 0 Å². The van der Waals surface area contributed by atoms with Gasteiger partial charge in [0.05, 0.1) is 6.26 Å². The second-order valence-corrected chi connectivity index (χ2v) is 5.04. The van der Waals surface area contributed by atoms with Gasteiger partial charge in [-0.25, -0.2) is 4.79 Å². The Morgan fingerprint density at radius 1 is 1.04 bits per heavy atom. The topological polar surface area (TPSA) is 68.5 Å². The molecule has 1 amide bonds. The molecule has 0 radical (unpaired) electrons. The van der Waals surface area contributed by atoms with Crippen LogP contribution < -0.4 is 5.32 Å². The number of carbonyl (C=O) groups is 2. The Balaban J connectivity index is 1.72. The van der Waals surface area contributed by atoms with E-state index in [9.17, 15) is 9.59 Å². The van der Waals surface area contributed by atoms with Crippen LogP contribution in [0.15, 0.2) is 65.3 Å². The fraction of sp³-hybridized carbons (Fsp3) is 0.111. The molecule has 0 saturated carbocycles. The van der Waals surface area contributed by atoms with Gasteiger partial charge in [-0.2, -0.15) is 0 Å². The van der Waals surface area contributed by atoms with Crippen molar-refractivity contribution in [1.29, 1.82) is 0 Å². The minimum absolute atomic E-state index is 0.0646. The van der Waals surface area contributed by atoms with Gasteiger partial charge in [0.15, 0.2) is 6.10 Å². The van der Waals surface area contributed by atoms with Crippen LogP contribution in [0.4, 0.5) is 5.69 Å². The SMILES string of the molecule is C[C@H](OC(=O)c1ccco1)C(=O)Nc1cccc2ccccc12. The van der Waals surface area contributed by atoms with Gasteiger partial charge in [-0.3, -0.25) is 4.79 Å². The van der Waals surface area contributed by atoms with Crippen molar-refractivity contribution >= 4 is 28.3 Å². The van der Waals surface area contributed by atoms with Crippen LogP contribution in [0.25, 0.3) is 10.8 Å². The van der Waals surface area contributed by atoms with Crippen LogP contribution in [0.2, 0.25) is 0 Å². The van der Waals surface area contributed by atoms with Crippen molar-refractivity contribution in [3.8, 4) is 0 Å². The molecular formula is C18H15NO4. The van der Waals surface area contributed by atoms with E-state index in [1.807, 2.05) is 36.4 Å². The van der Waals surface area contributed by atoms with Gasteiger partial charge in [-0.05, 0) is 30.5 Å². The Kier molecular flexibility index (Phi) is 4.10. The molecule has 0 unspecified atom stereocenters. The number of ether oxygens (including phenoxy) is 1. The lowest BCUT2D eigenvalue weighted by atomic mass is 10.1. The van der Waals surface area contributed by atoms with E-state index in [4.69, 9.17) is 9.15 Å². The van der Waals surface area contributed by atoms with Gasteiger partial charge in [0.2, 0.25) is 5.76 Å². The zero-order valence-corrected chi connectivity index (χ0v) is 12.5. The molecule has 5 heteroatoms. The molecule has 2 aromatic carbocycles. The number of furan rings is 1. The molecule has 0 aliphatic carbocycles. The van der Waals surface area contributed by atoms with E-state index in [1.54, 1.807) is 12.1 Å². The third-order valence-corrected chi connectivity index (χ3v) is 3.42. The number of benzene rings is 2. The fourth-order valence-electron chi connectivity index (χ4n) is 2.24. The standard InChI is InChI=1S/C18H15NO4/c1-12(23-18(21)16-10-5-11-22-16)17(20)19-15-9-4-7-13-6-2-3-8-14(13)15/h2-12H,1H3,(H,19,20)/t12-/m0/s1. The van der Waals surface area contributed by atoms with Crippen LogP contribution in [0, 0.1) is 0 Å². The maximum absolute atomic E-state index is 12.2. The van der Waals surface area contributed by atoms with Gasteiger partial charge in [0.1, 0.15) is 0 Å². The molecule has 0 aliphatic rings. The van der Waals surface area contributed by atoms with Gasteiger partial charge in [0.25, 0.3) is 5.91 Å². The highest BCUT2D eigenvalue weighted by molar-refractivity contribution is 6.04. The molecule has 0 saturated heterocycles. The van der Waals surface area contributed by atoms with Crippen molar-refractivity contribution in [2.45, 2.75) is 13.0 Å². The number of hydrogen-bond donors (Lipinski definition) is 1. The molecule has 1 N–H and O–H groups in total. The maximum atomic E-state index is 12.2. The summed E-state index contributed by atoms with van der Waals surface area (Å²) in [6, 6.07) is 16.4. The first-order valence-corrected chi connectivity index (χ1v) is 7.18. The largest absolute Gasteiger partial charge is 0.457 e. The van der Waals surface area contributed by atoms with Crippen molar-refractivity contribution in [2.75, 3.05) is 5.32 Å². The molecule has 1 atom stereocenters. The van der Waals surface area contributed by atoms with Crippen LogP contribution in [0.3, 0.4) is 0 Å². The molecule has 116 valence electrons. The number of nitrogens with one attached hydrogen (secondary N) is 1. The molecule has 0 spiro atoms. The molecule has 23 heavy (non-hydrogen) atoms. The van der Waals surface area contributed by atoms with E-state index < -0.39 is 18.0 Å². The van der Waals surface area contributed by atoms with E-state index in [1.165, 1.54) is 19.3 Å². The summed E-state index contributed by atoms with van der Waals surface area (Å²) in [5.74, 6) is -1.01. The number of anilines is 1. The van der Waals surface area contributed by atoms with E-state index in [-0.39, 0.29) is 5.76 Å². The van der Waals surface area contributed by atoms with Gasteiger partial charge >= 0.3 is 5.97 Å². The quantitative estimate of drug-likeness (QED) is 0.747. The lowest BCUT2D eigenvalue weighted by Gasteiger charge is -2.14. The second-order valence-electron chi connectivity index (χ2n) is 5.04. The van der Waals surface area contributed by atoms with Crippen LogP contribution in [0.1, 0.15) is 17.5 Å². The fourth-order valence-corrected chi connectivity index (χ4v) is 2.24.